The van der Waals surface area contributed by atoms with Crippen molar-refractivity contribution in [2.45, 2.75) is 11.9 Å². The van der Waals surface area contributed by atoms with Crippen molar-refractivity contribution in [3.8, 4) is 5.75 Å². The second-order valence-corrected chi connectivity index (χ2v) is 4.97. The van der Waals surface area contributed by atoms with Crippen LogP contribution in [0.1, 0.15) is 15.9 Å². The molecular formula is C16H12F3NO3. The van der Waals surface area contributed by atoms with E-state index in [0.717, 1.165) is 0 Å². The lowest BCUT2D eigenvalue weighted by molar-refractivity contribution is -0.254. The number of rotatable bonds is 2. The number of nitrogens with one attached hydrogen (secondary N) is 1. The van der Waals surface area contributed by atoms with Gasteiger partial charge in [-0.05, 0) is 36.4 Å². The molecule has 0 fully saturated rings. The molecule has 0 amide bonds. The van der Waals surface area contributed by atoms with Gasteiger partial charge >= 0.3 is 17.9 Å². The summed E-state index contributed by atoms with van der Waals surface area (Å²) in [6, 6.07) is 11.1. The first-order chi connectivity index (χ1) is 10.9. The first-order valence-electron chi connectivity index (χ1n) is 6.69. The molecule has 2 aromatic rings. The number of carbonyl (C=O) groups excluding carboxylic acids is 1. The third kappa shape index (κ3) is 2.38. The van der Waals surface area contributed by atoms with Gasteiger partial charge in [0.05, 0.1) is 18.4 Å². The van der Waals surface area contributed by atoms with Crippen LogP contribution in [-0.2, 0) is 10.5 Å². The van der Waals surface area contributed by atoms with Crippen molar-refractivity contribution in [2.24, 2.45) is 0 Å². The number of hydrogen-bond donors (Lipinski definition) is 1. The molecule has 0 saturated heterocycles. The number of alkyl halides is 3. The van der Waals surface area contributed by atoms with Crippen LogP contribution in [0.2, 0.25) is 0 Å². The smallest absolute Gasteiger partial charge is 0.453 e. The molecular weight excluding hydrogens is 311 g/mol. The number of ether oxygens (including phenoxy) is 2. The van der Waals surface area contributed by atoms with Gasteiger partial charge in [0, 0.05) is 5.56 Å². The maximum atomic E-state index is 13.8. The molecule has 23 heavy (non-hydrogen) atoms. The average molecular weight is 323 g/mol. The first-order valence-corrected chi connectivity index (χ1v) is 6.69. The Hall–Kier alpha value is -2.70. The van der Waals surface area contributed by atoms with Crippen LogP contribution in [-0.4, -0.2) is 19.3 Å². The Morgan fingerprint density at radius 1 is 1.09 bits per heavy atom. The molecule has 120 valence electrons. The molecule has 0 bridgehead atoms. The van der Waals surface area contributed by atoms with E-state index in [1.165, 1.54) is 43.5 Å². The van der Waals surface area contributed by atoms with Crippen molar-refractivity contribution in [2.75, 3.05) is 12.4 Å². The number of esters is 1. The Labute approximate surface area is 129 Å². The molecule has 7 heteroatoms. The summed E-state index contributed by atoms with van der Waals surface area (Å²) in [6.07, 6.45) is -4.86. The predicted molar refractivity (Wildman–Crippen MR) is 76.2 cm³/mol. The highest BCUT2D eigenvalue weighted by atomic mass is 19.4. The largest absolute Gasteiger partial charge is 0.497 e. The number of halogens is 3. The molecule has 1 N–H and O–H groups in total. The predicted octanol–water partition coefficient (Wildman–Crippen LogP) is 3.69. The zero-order chi connectivity index (χ0) is 16.7. The van der Waals surface area contributed by atoms with E-state index in [2.05, 4.69) is 5.32 Å². The van der Waals surface area contributed by atoms with E-state index in [1.54, 1.807) is 12.1 Å². The Kier molecular flexibility index (Phi) is 3.43. The van der Waals surface area contributed by atoms with Gasteiger partial charge in [-0.15, -0.1) is 0 Å². The van der Waals surface area contributed by atoms with Crippen LogP contribution in [0.5, 0.6) is 5.75 Å². The molecule has 0 aromatic heterocycles. The van der Waals surface area contributed by atoms with Gasteiger partial charge in [0.2, 0.25) is 0 Å². The van der Waals surface area contributed by atoms with Crippen LogP contribution in [0.4, 0.5) is 18.9 Å². The van der Waals surface area contributed by atoms with Crippen LogP contribution in [0.3, 0.4) is 0 Å². The molecule has 1 heterocycles. The van der Waals surface area contributed by atoms with Crippen LogP contribution in [0.15, 0.2) is 48.5 Å². The molecule has 4 nitrogen and oxygen atoms in total. The summed E-state index contributed by atoms with van der Waals surface area (Å²) >= 11 is 0. The van der Waals surface area contributed by atoms with E-state index in [9.17, 15) is 18.0 Å². The van der Waals surface area contributed by atoms with E-state index >= 15 is 0 Å². The van der Waals surface area contributed by atoms with E-state index in [0.29, 0.717) is 5.75 Å². The van der Waals surface area contributed by atoms with E-state index in [1.807, 2.05) is 0 Å². The maximum absolute atomic E-state index is 13.8. The fourth-order valence-corrected chi connectivity index (χ4v) is 2.43. The molecule has 1 aliphatic heterocycles. The minimum Gasteiger partial charge on any atom is -0.497 e. The third-order valence-corrected chi connectivity index (χ3v) is 3.60. The van der Waals surface area contributed by atoms with Gasteiger partial charge in [-0.25, -0.2) is 4.79 Å². The summed E-state index contributed by atoms with van der Waals surface area (Å²) < 4.78 is 51.0. The van der Waals surface area contributed by atoms with Gasteiger partial charge in [-0.2, -0.15) is 13.2 Å². The minimum absolute atomic E-state index is 0.0564. The lowest BCUT2D eigenvalue weighted by atomic mass is 9.98. The Morgan fingerprint density at radius 2 is 1.74 bits per heavy atom. The number of para-hydroxylation sites is 1. The Morgan fingerprint density at radius 3 is 2.35 bits per heavy atom. The van der Waals surface area contributed by atoms with E-state index in [4.69, 9.17) is 9.47 Å². The third-order valence-electron chi connectivity index (χ3n) is 3.60. The Bertz CT molecular complexity index is 743. The molecule has 0 radical (unpaired) electrons. The Balaban J connectivity index is 2.14. The summed E-state index contributed by atoms with van der Waals surface area (Å²) in [5, 5.41) is 2.33. The summed E-state index contributed by atoms with van der Waals surface area (Å²) in [5.41, 5.74) is -3.06. The zero-order valence-corrected chi connectivity index (χ0v) is 12.0. The number of cyclic esters (lactones) is 1. The number of benzene rings is 2. The topological polar surface area (TPSA) is 47.6 Å². The van der Waals surface area contributed by atoms with Crippen molar-refractivity contribution in [1.82, 2.24) is 0 Å². The molecule has 1 aliphatic rings. The number of hydrogen-bond acceptors (Lipinski definition) is 4. The van der Waals surface area contributed by atoms with Crippen LogP contribution >= 0.6 is 0 Å². The van der Waals surface area contributed by atoms with Crippen LogP contribution in [0, 0.1) is 0 Å². The first kappa shape index (κ1) is 15.2. The van der Waals surface area contributed by atoms with Crippen LogP contribution in [0.25, 0.3) is 0 Å². The highest BCUT2D eigenvalue weighted by Gasteiger charge is 2.62. The molecule has 0 aliphatic carbocycles. The van der Waals surface area contributed by atoms with Crippen molar-refractivity contribution < 1.29 is 27.4 Å². The lowest BCUT2D eigenvalue weighted by Gasteiger charge is -2.40. The van der Waals surface area contributed by atoms with Gasteiger partial charge in [-0.3, -0.25) is 0 Å². The minimum atomic E-state index is -4.86. The standard InChI is InChI=1S/C16H12F3NO3/c1-22-11-8-6-10(7-9-11)15(16(17,18)19)20-13-5-3-2-4-12(13)14(21)23-15/h2-9,20H,1H3/t15-/m0/s1. The summed E-state index contributed by atoms with van der Waals surface area (Å²) in [4.78, 5) is 12.1. The molecule has 0 saturated carbocycles. The van der Waals surface area contributed by atoms with Crippen molar-refractivity contribution in [3.63, 3.8) is 0 Å². The maximum Gasteiger partial charge on any atom is 0.453 e. The molecule has 0 unspecified atom stereocenters. The number of anilines is 1. The number of fused-ring (bicyclic) bond motifs is 1. The highest BCUT2D eigenvalue weighted by Crippen LogP contribution is 2.46. The fraction of sp³-hybridized carbons (Fsp3) is 0.188. The van der Waals surface area contributed by atoms with Gasteiger partial charge in [-0.1, -0.05) is 12.1 Å². The molecule has 2 aromatic carbocycles. The van der Waals surface area contributed by atoms with E-state index < -0.39 is 17.9 Å². The lowest BCUT2D eigenvalue weighted by Crippen LogP contribution is -2.54. The van der Waals surface area contributed by atoms with Gasteiger partial charge in [0.25, 0.3) is 0 Å². The second kappa shape index (κ2) is 5.19. The van der Waals surface area contributed by atoms with Gasteiger partial charge in [0.15, 0.2) is 0 Å². The summed E-state index contributed by atoms with van der Waals surface area (Å²) in [5.74, 6) is -0.638. The quantitative estimate of drug-likeness (QED) is 0.856. The fourth-order valence-electron chi connectivity index (χ4n) is 2.43. The summed E-state index contributed by atoms with van der Waals surface area (Å²) in [7, 11) is 1.41. The molecule has 3 rings (SSSR count). The van der Waals surface area contributed by atoms with Crippen molar-refractivity contribution in [1.29, 1.82) is 0 Å². The van der Waals surface area contributed by atoms with E-state index in [-0.39, 0.29) is 16.8 Å². The molecule has 0 spiro atoms. The van der Waals surface area contributed by atoms with Crippen molar-refractivity contribution >= 4 is 11.7 Å². The second-order valence-electron chi connectivity index (χ2n) is 4.97. The monoisotopic (exact) mass is 323 g/mol. The average Bonchev–Trinajstić information content (AvgIpc) is 2.54. The molecule has 1 atom stereocenters. The van der Waals surface area contributed by atoms with Crippen LogP contribution < -0.4 is 10.1 Å². The zero-order valence-electron chi connectivity index (χ0n) is 12.0. The summed E-state index contributed by atoms with van der Waals surface area (Å²) in [6.45, 7) is 0. The van der Waals surface area contributed by atoms with Gasteiger partial charge < -0.3 is 14.8 Å². The highest BCUT2D eigenvalue weighted by molar-refractivity contribution is 5.98. The van der Waals surface area contributed by atoms with Gasteiger partial charge in [0.1, 0.15) is 5.75 Å². The van der Waals surface area contributed by atoms with Crippen molar-refractivity contribution in [3.05, 3.63) is 59.7 Å². The number of methoxy groups -OCH3 is 1. The normalized spacial score (nSPS) is 20.3. The number of carbonyl (C=O) groups is 1. The SMILES string of the molecule is COc1ccc([C@]2(C(F)(F)F)Nc3ccccc3C(=O)O2)cc1.